The lowest BCUT2D eigenvalue weighted by Gasteiger charge is -2.30. The van der Waals surface area contributed by atoms with Gasteiger partial charge in [-0.1, -0.05) is 0 Å². The molecule has 0 unspecified atom stereocenters. The number of rotatable bonds is 0. The summed E-state index contributed by atoms with van der Waals surface area (Å²) >= 11 is 4.93. The lowest BCUT2D eigenvalue weighted by molar-refractivity contribution is -0.117. The number of nitrogens with one attached hydrogen (secondary N) is 3. The molecule has 1 heterocycles. The molecule has 5 nitrogen and oxygen atoms in total. The zero-order valence-corrected chi connectivity index (χ0v) is 8.58. The summed E-state index contributed by atoms with van der Waals surface area (Å²) in [7, 11) is 0. The van der Waals surface area contributed by atoms with E-state index in [0.29, 0.717) is 11.1 Å². The molecule has 3 N–H and O–H groups in total. The van der Waals surface area contributed by atoms with Crippen molar-refractivity contribution in [1.29, 1.82) is 0 Å². The molecular formula is C7H12N4OS. The molecule has 0 aromatic carbocycles. The van der Waals surface area contributed by atoms with E-state index in [4.69, 9.17) is 12.2 Å². The van der Waals surface area contributed by atoms with Gasteiger partial charge in [0.05, 0.1) is 0 Å². The summed E-state index contributed by atoms with van der Waals surface area (Å²) in [6.07, 6.45) is 0. The van der Waals surface area contributed by atoms with Crippen molar-refractivity contribution in [2.45, 2.75) is 26.4 Å². The van der Waals surface area contributed by atoms with Crippen LogP contribution in [0.3, 0.4) is 0 Å². The first kappa shape index (κ1) is 9.91. The summed E-state index contributed by atoms with van der Waals surface area (Å²) < 4.78 is 0. The fourth-order valence-corrected chi connectivity index (χ4v) is 1.32. The van der Waals surface area contributed by atoms with Crippen LogP contribution in [-0.4, -0.2) is 22.6 Å². The minimum absolute atomic E-state index is 0.174. The Morgan fingerprint density at radius 1 is 1.62 bits per heavy atom. The summed E-state index contributed by atoms with van der Waals surface area (Å²) in [5.74, 6) is 0.216. The van der Waals surface area contributed by atoms with Crippen LogP contribution in [0.15, 0.2) is 4.99 Å². The lowest BCUT2D eigenvalue weighted by Crippen LogP contribution is -2.58. The van der Waals surface area contributed by atoms with Crippen LogP contribution < -0.4 is 16.0 Å². The van der Waals surface area contributed by atoms with Crippen LogP contribution in [0.5, 0.6) is 0 Å². The van der Waals surface area contributed by atoms with Gasteiger partial charge in [-0.25, -0.2) is 4.99 Å². The standard InChI is InChI=1S/C7H12N4OS/c1-4(12)8-5-9-6(13)11-7(2,3)10-5/h1-3H3,(H3,8,9,10,11,12,13). The van der Waals surface area contributed by atoms with Crippen LogP contribution in [0.1, 0.15) is 20.8 Å². The number of guanidine groups is 1. The first-order chi connectivity index (χ1) is 5.89. The SMILES string of the molecule is CC(=O)NC1=NC(C)(C)NC(=S)N1. The zero-order valence-electron chi connectivity index (χ0n) is 7.76. The highest BCUT2D eigenvalue weighted by Gasteiger charge is 2.23. The highest BCUT2D eigenvalue weighted by Crippen LogP contribution is 2.06. The molecular weight excluding hydrogens is 188 g/mol. The summed E-state index contributed by atoms with van der Waals surface area (Å²) in [5, 5.41) is 8.68. The molecule has 0 aromatic heterocycles. The molecule has 0 bridgehead atoms. The van der Waals surface area contributed by atoms with Crippen molar-refractivity contribution >= 4 is 29.2 Å². The summed E-state index contributed by atoms with van der Waals surface area (Å²) in [4.78, 5) is 14.9. The van der Waals surface area contributed by atoms with E-state index in [1.165, 1.54) is 6.92 Å². The molecule has 72 valence electrons. The fraction of sp³-hybridized carbons (Fsp3) is 0.571. The minimum Gasteiger partial charge on any atom is -0.338 e. The highest BCUT2D eigenvalue weighted by molar-refractivity contribution is 7.80. The number of nitrogens with zero attached hydrogens (tertiary/aromatic N) is 1. The summed E-state index contributed by atoms with van der Waals surface area (Å²) in [6.45, 7) is 5.15. The quantitative estimate of drug-likeness (QED) is 0.469. The third kappa shape index (κ3) is 2.98. The molecule has 0 atom stereocenters. The second-order valence-electron chi connectivity index (χ2n) is 3.28. The maximum absolute atomic E-state index is 10.7. The monoisotopic (exact) mass is 200 g/mol. The average Bonchev–Trinajstić information content (AvgIpc) is 1.78. The Kier molecular flexibility index (Phi) is 2.51. The Bertz CT molecular complexity index is 284. The van der Waals surface area contributed by atoms with E-state index in [1.807, 2.05) is 13.8 Å². The maximum atomic E-state index is 10.7. The van der Waals surface area contributed by atoms with E-state index in [0.717, 1.165) is 0 Å². The van der Waals surface area contributed by atoms with Gasteiger partial charge in [-0.15, -0.1) is 0 Å². The molecule has 1 rings (SSSR count). The maximum Gasteiger partial charge on any atom is 0.223 e. The number of carbonyl (C=O) groups is 1. The highest BCUT2D eigenvalue weighted by atomic mass is 32.1. The number of hydrogen-bond acceptors (Lipinski definition) is 3. The average molecular weight is 200 g/mol. The third-order valence-corrected chi connectivity index (χ3v) is 1.54. The number of carbonyl (C=O) groups excluding carboxylic acids is 1. The molecule has 1 aliphatic heterocycles. The molecule has 13 heavy (non-hydrogen) atoms. The number of aliphatic imine (C=N–C) groups is 1. The Morgan fingerprint density at radius 3 is 2.69 bits per heavy atom. The molecule has 0 fully saturated rings. The van der Waals surface area contributed by atoms with Crippen molar-refractivity contribution in [3.8, 4) is 0 Å². The summed E-state index contributed by atoms with van der Waals surface area (Å²) in [6, 6.07) is 0. The smallest absolute Gasteiger partial charge is 0.223 e. The van der Waals surface area contributed by atoms with Gasteiger partial charge in [0, 0.05) is 6.92 Å². The van der Waals surface area contributed by atoms with Gasteiger partial charge in [0.1, 0.15) is 5.66 Å². The van der Waals surface area contributed by atoms with Crippen molar-refractivity contribution in [2.24, 2.45) is 4.99 Å². The van der Waals surface area contributed by atoms with Crippen LogP contribution in [0.25, 0.3) is 0 Å². The molecule has 0 radical (unpaired) electrons. The molecule has 1 aliphatic rings. The predicted octanol–water partition coefficient (Wildman–Crippen LogP) is -0.308. The van der Waals surface area contributed by atoms with Crippen LogP contribution in [0.4, 0.5) is 0 Å². The molecule has 0 aromatic rings. The van der Waals surface area contributed by atoms with Crippen molar-refractivity contribution < 1.29 is 4.79 Å². The number of amides is 1. The largest absolute Gasteiger partial charge is 0.338 e. The van der Waals surface area contributed by atoms with E-state index >= 15 is 0 Å². The van der Waals surface area contributed by atoms with Crippen LogP contribution in [-0.2, 0) is 4.79 Å². The first-order valence-corrected chi connectivity index (χ1v) is 4.26. The Labute approximate surface area is 82.0 Å². The van der Waals surface area contributed by atoms with Gasteiger partial charge in [0.25, 0.3) is 0 Å². The van der Waals surface area contributed by atoms with Gasteiger partial charge < -0.3 is 10.6 Å². The van der Waals surface area contributed by atoms with Crippen molar-refractivity contribution in [3.63, 3.8) is 0 Å². The molecule has 6 heteroatoms. The molecule has 1 amide bonds. The molecule has 0 spiro atoms. The van der Waals surface area contributed by atoms with E-state index in [1.54, 1.807) is 0 Å². The predicted molar refractivity (Wildman–Crippen MR) is 54.2 cm³/mol. The van der Waals surface area contributed by atoms with Crippen LogP contribution in [0, 0.1) is 0 Å². The van der Waals surface area contributed by atoms with E-state index < -0.39 is 5.66 Å². The minimum atomic E-state index is -0.472. The van der Waals surface area contributed by atoms with Gasteiger partial charge in [-0.05, 0) is 26.1 Å². The normalized spacial score (nSPS) is 19.6. The van der Waals surface area contributed by atoms with Gasteiger partial charge in [0.2, 0.25) is 11.9 Å². The van der Waals surface area contributed by atoms with Gasteiger partial charge in [0.15, 0.2) is 5.11 Å². The number of thiocarbonyl (C=S) groups is 1. The third-order valence-electron chi connectivity index (χ3n) is 1.34. The molecule has 0 aliphatic carbocycles. The second kappa shape index (κ2) is 3.29. The van der Waals surface area contributed by atoms with E-state index in [2.05, 4.69) is 20.9 Å². The topological polar surface area (TPSA) is 65.5 Å². The van der Waals surface area contributed by atoms with Gasteiger partial charge >= 0.3 is 0 Å². The lowest BCUT2D eigenvalue weighted by atomic mass is 10.2. The van der Waals surface area contributed by atoms with Gasteiger partial charge in [-0.2, -0.15) is 0 Å². The van der Waals surface area contributed by atoms with Crippen molar-refractivity contribution in [3.05, 3.63) is 0 Å². The Balaban J connectivity index is 2.79. The van der Waals surface area contributed by atoms with Gasteiger partial charge in [-0.3, -0.25) is 10.1 Å². The Hall–Kier alpha value is -1.17. The van der Waals surface area contributed by atoms with E-state index in [9.17, 15) is 4.79 Å². The molecule has 0 saturated heterocycles. The fourth-order valence-electron chi connectivity index (χ4n) is 0.978. The Morgan fingerprint density at radius 2 is 2.23 bits per heavy atom. The van der Waals surface area contributed by atoms with Crippen molar-refractivity contribution in [2.75, 3.05) is 0 Å². The van der Waals surface area contributed by atoms with Crippen LogP contribution in [0.2, 0.25) is 0 Å². The second-order valence-corrected chi connectivity index (χ2v) is 3.69. The first-order valence-electron chi connectivity index (χ1n) is 3.86. The van der Waals surface area contributed by atoms with Crippen molar-refractivity contribution in [1.82, 2.24) is 16.0 Å². The van der Waals surface area contributed by atoms with Crippen LogP contribution >= 0.6 is 12.2 Å². The zero-order chi connectivity index (χ0) is 10.1. The molecule has 0 saturated carbocycles. The summed E-state index contributed by atoms with van der Waals surface area (Å²) in [5.41, 5.74) is -0.472. The van der Waals surface area contributed by atoms with E-state index in [-0.39, 0.29) is 5.91 Å². The number of hydrogen-bond donors (Lipinski definition) is 3.